The molecule has 356 valence electrons. The quantitative estimate of drug-likeness (QED) is 0.0657. The van der Waals surface area contributed by atoms with Crippen molar-refractivity contribution < 1.29 is 51.3 Å². The molecule has 2 fully saturated rings. The number of carbonyl (C=O) groups excluding carboxylic acids is 4. The molecule has 1 unspecified atom stereocenters. The van der Waals surface area contributed by atoms with Gasteiger partial charge in [0.25, 0.3) is 11.8 Å². The number of benzene rings is 6. The molecule has 9 rings (SSSR count). The molecular formula is C53H52N4O11S. The Morgan fingerprint density at radius 2 is 1.32 bits per heavy atom. The van der Waals surface area contributed by atoms with Crippen molar-refractivity contribution in [3.63, 3.8) is 0 Å². The summed E-state index contributed by atoms with van der Waals surface area (Å²) in [5, 5.41) is 4.02. The van der Waals surface area contributed by atoms with Gasteiger partial charge in [-0.1, -0.05) is 48.5 Å². The molecule has 16 heteroatoms. The smallest absolute Gasteiger partial charge is 0.262 e. The first-order chi connectivity index (χ1) is 33.5. The summed E-state index contributed by atoms with van der Waals surface area (Å²) in [6.45, 7) is 6.45. The zero-order valence-electron chi connectivity index (χ0n) is 38.1. The molecule has 3 aliphatic rings. The van der Waals surface area contributed by atoms with E-state index < -0.39 is 39.5 Å². The van der Waals surface area contributed by atoms with Crippen LogP contribution in [0.3, 0.4) is 0 Å². The third-order valence-electron chi connectivity index (χ3n) is 12.4. The predicted molar refractivity (Wildman–Crippen MR) is 259 cm³/mol. The highest BCUT2D eigenvalue weighted by atomic mass is 32.2. The number of imide groups is 2. The number of sulfone groups is 1. The average Bonchev–Trinajstić information content (AvgIpc) is 3.60. The van der Waals surface area contributed by atoms with Crippen molar-refractivity contribution in [2.75, 3.05) is 76.9 Å². The van der Waals surface area contributed by atoms with E-state index >= 15 is 0 Å². The van der Waals surface area contributed by atoms with Crippen LogP contribution in [0.1, 0.15) is 39.1 Å². The number of piperazine rings is 1. The number of nitrogens with zero attached hydrogens (tertiary/aromatic N) is 3. The highest BCUT2D eigenvalue weighted by molar-refractivity contribution is 7.90. The molecular weight excluding hydrogens is 901 g/mol. The maximum Gasteiger partial charge on any atom is 0.262 e. The molecule has 0 aromatic heterocycles. The third-order valence-corrected chi connectivity index (χ3v) is 13.5. The first kappa shape index (κ1) is 47.0. The van der Waals surface area contributed by atoms with Gasteiger partial charge in [0.05, 0.1) is 42.4 Å². The lowest BCUT2D eigenvalue weighted by Gasteiger charge is -2.36. The second kappa shape index (κ2) is 21.0. The molecule has 0 saturated carbocycles. The van der Waals surface area contributed by atoms with Crippen LogP contribution < -0.4 is 24.4 Å². The van der Waals surface area contributed by atoms with E-state index in [0.717, 1.165) is 76.5 Å². The highest BCUT2D eigenvalue weighted by Crippen LogP contribution is 2.41. The molecule has 0 aliphatic carbocycles. The molecule has 15 nitrogen and oxygen atoms in total. The monoisotopic (exact) mass is 952 g/mol. The van der Waals surface area contributed by atoms with Gasteiger partial charge >= 0.3 is 0 Å². The zero-order valence-corrected chi connectivity index (χ0v) is 39.0. The van der Waals surface area contributed by atoms with Gasteiger partial charge in [-0.25, -0.2) is 8.42 Å². The van der Waals surface area contributed by atoms with Crippen molar-refractivity contribution in [3.8, 4) is 34.1 Å². The van der Waals surface area contributed by atoms with Gasteiger partial charge in [0.1, 0.15) is 42.3 Å². The van der Waals surface area contributed by atoms with Gasteiger partial charge in [0, 0.05) is 62.0 Å². The minimum Gasteiger partial charge on any atom is -0.491 e. The van der Waals surface area contributed by atoms with E-state index in [4.69, 9.17) is 23.7 Å². The largest absolute Gasteiger partial charge is 0.491 e. The Morgan fingerprint density at radius 1 is 0.638 bits per heavy atom. The lowest BCUT2D eigenvalue weighted by Crippen LogP contribution is -2.54. The van der Waals surface area contributed by atoms with Crippen LogP contribution in [0.5, 0.6) is 23.0 Å². The number of anilines is 1. The maximum atomic E-state index is 13.3. The first-order valence-electron chi connectivity index (χ1n) is 22.9. The van der Waals surface area contributed by atoms with Crippen molar-refractivity contribution in [2.24, 2.45) is 0 Å². The summed E-state index contributed by atoms with van der Waals surface area (Å²) in [6.07, 6.45) is 1.39. The Balaban J connectivity index is 0.703. The number of carbonyl (C=O) groups is 4. The fourth-order valence-corrected chi connectivity index (χ4v) is 9.30. The molecule has 0 radical (unpaired) electrons. The molecule has 0 bridgehead atoms. The second-order valence-corrected chi connectivity index (χ2v) is 19.1. The van der Waals surface area contributed by atoms with Crippen molar-refractivity contribution in [1.82, 2.24) is 15.1 Å². The van der Waals surface area contributed by atoms with Gasteiger partial charge in [-0.3, -0.25) is 34.3 Å². The molecule has 3 heterocycles. The normalized spacial score (nSPS) is 16.4. The number of amides is 4. The van der Waals surface area contributed by atoms with Crippen molar-refractivity contribution >= 4 is 49.9 Å². The Kier molecular flexibility index (Phi) is 14.3. The van der Waals surface area contributed by atoms with E-state index in [1.54, 1.807) is 36.4 Å². The molecule has 1 N–H and O–H groups in total. The Hall–Kier alpha value is -7.11. The van der Waals surface area contributed by atoms with E-state index in [-0.39, 0.29) is 28.9 Å². The summed E-state index contributed by atoms with van der Waals surface area (Å²) >= 11 is 0. The van der Waals surface area contributed by atoms with Gasteiger partial charge in [-0.15, -0.1) is 0 Å². The fraction of sp³-hybridized carbons (Fsp3) is 0.283. The summed E-state index contributed by atoms with van der Waals surface area (Å²) in [6, 6.07) is 38.2. The summed E-state index contributed by atoms with van der Waals surface area (Å²) < 4.78 is 54.6. The minimum absolute atomic E-state index is 0.0777. The Morgan fingerprint density at radius 3 is 2.06 bits per heavy atom. The number of hydrogen-bond acceptors (Lipinski definition) is 13. The molecule has 6 aromatic rings. The fourth-order valence-electron chi connectivity index (χ4n) is 8.67. The number of hydrogen-bond donors (Lipinski definition) is 1. The van der Waals surface area contributed by atoms with Gasteiger partial charge in [0.2, 0.25) is 11.8 Å². The lowest BCUT2D eigenvalue weighted by molar-refractivity contribution is -0.136. The standard InChI is InChI=1S/C53H52N4O11S/c1-69(62,63)43-16-7-37(8-17-43)44-18-9-38-33-42(67-35-36-5-3-2-4-6-36)15-20-45(38)50(44)68-41-13-11-40(12-14-41)66-32-31-65-30-29-64-28-27-55-23-25-56(26-24-55)39-10-19-46-47(34-39)53(61)57(52(46)60)48-21-22-49(58)54-51(48)59/h2-20,33-34,48H,21-32,35H2,1H3,(H,54,58,59). The van der Waals surface area contributed by atoms with Gasteiger partial charge in [0.15, 0.2) is 9.84 Å². The number of nitrogens with one attached hydrogen (secondary N) is 1. The molecule has 0 spiro atoms. The SMILES string of the molecule is CS(=O)(=O)c1ccc(-c2ccc3cc(OCc4ccccc4)ccc3c2Oc2ccc(OCCOCCOCCN3CCN(c4ccc5c(c4)C(=O)N(C4CCC(=O)NC4=O)C5=O)CC3)cc2)cc1. The number of piperidine rings is 1. The number of ether oxygens (including phenoxy) is 5. The van der Waals surface area contributed by atoms with Crippen molar-refractivity contribution in [1.29, 1.82) is 0 Å². The highest BCUT2D eigenvalue weighted by Gasteiger charge is 2.44. The van der Waals surface area contributed by atoms with Crippen LogP contribution in [-0.4, -0.2) is 120 Å². The predicted octanol–water partition coefficient (Wildman–Crippen LogP) is 6.92. The summed E-state index contributed by atoms with van der Waals surface area (Å²) in [5.41, 5.74) is 4.07. The molecule has 1 atom stereocenters. The van der Waals surface area contributed by atoms with Crippen LogP contribution in [0.15, 0.2) is 132 Å². The minimum atomic E-state index is -3.36. The molecule has 3 aliphatic heterocycles. The molecule has 4 amide bonds. The Bertz CT molecular complexity index is 2960. The van der Waals surface area contributed by atoms with E-state index in [1.165, 1.54) is 6.26 Å². The summed E-state index contributed by atoms with van der Waals surface area (Å²) in [5.74, 6) is 0.559. The molecule has 69 heavy (non-hydrogen) atoms. The topological polar surface area (TPSA) is 170 Å². The van der Waals surface area contributed by atoms with E-state index in [2.05, 4.69) is 15.1 Å². The van der Waals surface area contributed by atoms with Crippen LogP contribution >= 0.6 is 0 Å². The van der Waals surface area contributed by atoms with E-state index in [9.17, 15) is 27.6 Å². The van der Waals surface area contributed by atoms with E-state index in [0.29, 0.717) is 56.9 Å². The molecule has 6 aromatic carbocycles. The number of fused-ring (bicyclic) bond motifs is 2. The average molecular weight is 953 g/mol. The van der Waals surface area contributed by atoms with Crippen LogP contribution in [0.25, 0.3) is 21.9 Å². The first-order valence-corrected chi connectivity index (χ1v) is 24.8. The summed E-state index contributed by atoms with van der Waals surface area (Å²) in [4.78, 5) is 56.1. The van der Waals surface area contributed by atoms with Gasteiger partial charge in [-0.2, -0.15) is 0 Å². The van der Waals surface area contributed by atoms with Gasteiger partial charge in [-0.05, 0) is 102 Å². The Labute approximate surface area is 400 Å². The third kappa shape index (κ3) is 11.1. The van der Waals surface area contributed by atoms with Crippen LogP contribution in [-0.2, 0) is 35.5 Å². The van der Waals surface area contributed by atoms with E-state index in [1.807, 2.05) is 91.0 Å². The van der Waals surface area contributed by atoms with Crippen LogP contribution in [0.2, 0.25) is 0 Å². The maximum absolute atomic E-state index is 13.3. The molecule has 2 saturated heterocycles. The van der Waals surface area contributed by atoms with Crippen molar-refractivity contribution in [3.05, 3.63) is 144 Å². The van der Waals surface area contributed by atoms with Crippen LogP contribution in [0, 0.1) is 0 Å². The van der Waals surface area contributed by atoms with Crippen LogP contribution in [0.4, 0.5) is 5.69 Å². The van der Waals surface area contributed by atoms with Gasteiger partial charge < -0.3 is 28.6 Å². The summed E-state index contributed by atoms with van der Waals surface area (Å²) in [7, 11) is -3.36. The zero-order chi connectivity index (χ0) is 47.9. The lowest BCUT2D eigenvalue weighted by atomic mass is 9.99. The van der Waals surface area contributed by atoms with Crippen molar-refractivity contribution in [2.45, 2.75) is 30.4 Å². The second-order valence-electron chi connectivity index (χ2n) is 17.0. The number of rotatable bonds is 19.